The highest BCUT2D eigenvalue weighted by Gasteiger charge is 2.36. The number of nitrogens with zero attached hydrogens (tertiary/aromatic N) is 3. The highest BCUT2D eigenvalue weighted by atomic mass is 16.5. The first-order valence-electron chi connectivity index (χ1n) is 14.9. The molecule has 2 unspecified atom stereocenters. The molecule has 0 saturated carbocycles. The van der Waals surface area contributed by atoms with Crippen LogP contribution in [0.1, 0.15) is 23.5 Å². The van der Waals surface area contributed by atoms with Gasteiger partial charge in [-0.2, -0.15) is 0 Å². The minimum atomic E-state index is -1.44. The molecule has 0 radical (unpaired) electrons. The van der Waals surface area contributed by atoms with Crippen LogP contribution in [-0.2, 0) is 61.9 Å². The Bertz CT molecular complexity index is 1150. The van der Waals surface area contributed by atoms with Gasteiger partial charge in [0.25, 0.3) is 0 Å². The number of hydrogen-bond donors (Lipinski definition) is 2. The zero-order chi connectivity index (χ0) is 34.0. The molecule has 0 spiro atoms. The minimum absolute atomic E-state index is 0.000801. The Morgan fingerprint density at radius 2 is 1.06 bits per heavy atom. The van der Waals surface area contributed by atoms with Gasteiger partial charge in [-0.3, -0.25) is 33.8 Å². The summed E-state index contributed by atoms with van der Waals surface area (Å²) in [5.41, 5.74) is 0.00593. The maximum absolute atomic E-state index is 13.7. The molecule has 2 atom stereocenters. The zero-order valence-corrected chi connectivity index (χ0v) is 26.4. The Hall–Kier alpha value is -4.23. The molecule has 1 aromatic rings. The van der Waals surface area contributed by atoms with E-state index in [2.05, 4.69) is 25.1 Å². The second-order valence-corrected chi connectivity index (χ2v) is 10.00. The lowest BCUT2D eigenvalue weighted by molar-refractivity contribution is -0.147. The van der Waals surface area contributed by atoms with Crippen molar-refractivity contribution in [3.8, 4) is 0 Å². The van der Waals surface area contributed by atoms with Gasteiger partial charge >= 0.3 is 11.9 Å². The van der Waals surface area contributed by atoms with Crippen molar-refractivity contribution in [2.75, 3.05) is 106 Å². The molecule has 18 heteroatoms. The summed E-state index contributed by atoms with van der Waals surface area (Å²) in [4.78, 5) is 85.4. The first-order chi connectivity index (χ1) is 22.8. The zero-order valence-electron chi connectivity index (χ0n) is 26.4. The van der Waals surface area contributed by atoms with E-state index in [9.17, 15) is 28.8 Å². The summed E-state index contributed by atoms with van der Waals surface area (Å²) < 4.78 is 37.1. The number of amides is 4. The van der Waals surface area contributed by atoms with E-state index in [0.717, 1.165) is 14.2 Å². The van der Waals surface area contributed by atoms with Crippen molar-refractivity contribution >= 4 is 35.6 Å². The minimum Gasteiger partial charge on any atom is -0.468 e. The number of carbonyl (C=O) groups is 6. The van der Waals surface area contributed by atoms with Crippen molar-refractivity contribution in [1.82, 2.24) is 25.4 Å². The number of hydrogen-bond acceptors (Lipinski definition) is 14. The van der Waals surface area contributed by atoms with Gasteiger partial charge in [-0.25, -0.2) is 0 Å². The largest absolute Gasteiger partial charge is 0.468 e. The van der Waals surface area contributed by atoms with Gasteiger partial charge in [-0.05, 0) is 12.1 Å². The Balaban J connectivity index is 2.18. The topological polar surface area (TPSA) is 210 Å². The highest BCUT2D eigenvalue weighted by molar-refractivity contribution is 5.92. The third-order valence-electron chi connectivity index (χ3n) is 6.90. The number of rotatable bonds is 6. The third-order valence-corrected chi connectivity index (χ3v) is 6.90. The van der Waals surface area contributed by atoms with Crippen LogP contribution >= 0.6 is 0 Å². The van der Waals surface area contributed by atoms with Crippen molar-refractivity contribution in [3.05, 3.63) is 29.6 Å². The van der Waals surface area contributed by atoms with Crippen LogP contribution in [0.5, 0.6) is 0 Å². The Kier molecular flexibility index (Phi) is 15.9. The molecule has 4 amide bonds. The molecule has 2 aliphatic rings. The van der Waals surface area contributed by atoms with Crippen LogP contribution in [-0.4, -0.2) is 157 Å². The van der Waals surface area contributed by atoms with Gasteiger partial charge in [-0.1, -0.05) is 6.07 Å². The van der Waals surface area contributed by atoms with Gasteiger partial charge in [0, 0.05) is 13.1 Å². The fraction of sp³-hybridized carbons (Fsp3) is 0.621. The summed E-state index contributed by atoms with van der Waals surface area (Å²) in [6.07, 6.45) is 0. The second-order valence-electron chi connectivity index (χ2n) is 10.00. The molecule has 47 heavy (non-hydrogen) atoms. The number of fused-ring (bicyclic) bond motifs is 2. The molecule has 0 aliphatic carbocycles. The monoisotopic (exact) mass is 667 g/mol. The van der Waals surface area contributed by atoms with E-state index in [1.165, 1.54) is 28.0 Å². The van der Waals surface area contributed by atoms with Gasteiger partial charge in [0.05, 0.1) is 78.5 Å². The van der Waals surface area contributed by atoms with Crippen LogP contribution in [0.4, 0.5) is 0 Å². The summed E-state index contributed by atoms with van der Waals surface area (Å²) in [5, 5.41) is 4.92. The lowest BCUT2D eigenvalue weighted by atomic mass is 10.1. The maximum Gasteiger partial charge on any atom is 0.325 e. The lowest BCUT2D eigenvalue weighted by Gasteiger charge is -2.32. The van der Waals surface area contributed by atoms with Crippen LogP contribution in [0.2, 0.25) is 0 Å². The molecule has 3 rings (SSSR count). The van der Waals surface area contributed by atoms with E-state index in [0.29, 0.717) is 0 Å². The van der Waals surface area contributed by atoms with Gasteiger partial charge in [-0.15, -0.1) is 0 Å². The molecule has 4 bridgehead atoms. The molecule has 260 valence electrons. The third kappa shape index (κ3) is 11.8. The van der Waals surface area contributed by atoms with Crippen LogP contribution in [0.15, 0.2) is 18.2 Å². The van der Waals surface area contributed by atoms with Crippen molar-refractivity contribution in [1.29, 1.82) is 0 Å². The van der Waals surface area contributed by atoms with Crippen LogP contribution in [0.3, 0.4) is 0 Å². The lowest BCUT2D eigenvalue weighted by Crippen LogP contribution is -2.49. The van der Waals surface area contributed by atoms with Gasteiger partial charge in [0.2, 0.25) is 23.6 Å². The number of esters is 2. The van der Waals surface area contributed by atoms with Gasteiger partial charge in [0.1, 0.15) is 26.3 Å². The molecular formula is C29H41N5O13. The molecule has 2 N–H and O–H groups in total. The van der Waals surface area contributed by atoms with Crippen molar-refractivity contribution in [2.24, 2.45) is 0 Å². The van der Waals surface area contributed by atoms with Crippen LogP contribution < -0.4 is 10.6 Å². The van der Waals surface area contributed by atoms with E-state index in [1.807, 2.05) is 0 Å². The normalized spacial score (nSPS) is 20.9. The highest BCUT2D eigenvalue weighted by Crippen LogP contribution is 2.26. The number of ether oxygens (including phenoxy) is 7. The average molecular weight is 668 g/mol. The van der Waals surface area contributed by atoms with Gasteiger partial charge < -0.3 is 53.6 Å². The number of carbonyl (C=O) groups excluding carboxylic acids is 6. The number of aromatic nitrogens is 1. The predicted molar refractivity (Wildman–Crippen MR) is 157 cm³/mol. The summed E-state index contributed by atoms with van der Waals surface area (Å²) in [7, 11) is 2.31. The average Bonchev–Trinajstić information content (AvgIpc) is 3.07. The molecule has 2 aliphatic heterocycles. The van der Waals surface area contributed by atoms with Gasteiger partial charge in [0.15, 0.2) is 12.1 Å². The Morgan fingerprint density at radius 3 is 1.47 bits per heavy atom. The van der Waals surface area contributed by atoms with Crippen molar-refractivity contribution in [2.45, 2.75) is 12.1 Å². The van der Waals surface area contributed by atoms with Crippen molar-refractivity contribution in [3.63, 3.8) is 0 Å². The Morgan fingerprint density at radius 1 is 0.681 bits per heavy atom. The second kappa shape index (κ2) is 20.1. The first-order valence-corrected chi connectivity index (χ1v) is 14.9. The van der Waals surface area contributed by atoms with Crippen LogP contribution in [0, 0.1) is 0 Å². The van der Waals surface area contributed by atoms with E-state index < -0.39 is 74.0 Å². The van der Waals surface area contributed by atoms with E-state index in [-0.39, 0.29) is 77.3 Å². The number of pyridine rings is 1. The fourth-order valence-electron chi connectivity index (χ4n) is 4.57. The fourth-order valence-corrected chi connectivity index (χ4v) is 4.57. The molecule has 3 heterocycles. The molecule has 1 aromatic heterocycles. The quantitative estimate of drug-likeness (QED) is 0.301. The molecule has 18 nitrogen and oxygen atoms in total. The summed E-state index contributed by atoms with van der Waals surface area (Å²) in [6.45, 7) is -1.48. The first kappa shape index (κ1) is 37.2. The van der Waals surface area contributed by atoms with E-state index in [1.54, 1.807) is 0 Å². The summed E-state index contributed by atoms with van der Waals surface area (Å²) in [5.74, 6) is -4.25. The number of methoxy groups -OCH3 is 2. The summed E-state index contributed by atoms with van der Waals surface area (Å²) >= 11 is 0. The summed E-state index contributed by atoms with van der Waals surface area (Å²) in [6, 6.07) is 1.53. The maximum atomic E-state index is 13.7. The van der Waals surface area contributed by atoms with Crippen molar-refractivity contribution < 1.29 is 61.9 Å². The molecule has 0 saturated heterocycles. The smallest absolute Gasteiger partial charge is 0.325 e. The Labute approximate surface area is 271 Å². The van der Waals surface area contributed by atoms with Crippen LogP contribution in [0.25, 0.3) is 0 Å². The predicted octanol–water partition coefficient (Wildman–Crippen LogP) is -2.49. The SMILES string of the molecule is COC(=O)CNC(=O)C1c2cccc(n2)C(C(=O)NCC(=O)OC)N2CCOCCOCCN1C(=O)COCCOCCOCC2=O. The number of nitrogens with one attached hydrogen (secondary N) is 2. The standard InChI is InChI=1S/C29H41N5O13/c1-41-24(37)16-30-28(39)26-20-4-3-5-21(32-20)27(29(40)31-17-25(38)42-2)34-7-9-44-11-10-43-8-6-33(26)22(35)18-46-14-12-45-13-15-47-19-23(34)36/h3-5,26-27H,6-19H2,1-2H3,(H,30,39)(H,31,40). The molecule has 0 aromatic carbocycles. The van der Waals surface area contributed by atoms with E-state index in [4.69, 9.17) is 23.7 Å². The molecule has 0 fully saturated rings. The molecular weight excluding hydrogens is 626 g/mol. The van der Waals surface area contributed by atoms with E-state index >= 15 is 0 Å².